The first-order chi connectivity index (χ1) is 13.1. The lowest BCUT2D eigenvalue weighted by molar-refractivity contribution is 0.497. The SMILES string of the molecule is CCCCS(=O)c1oc2nc(-c3nccs3)nc(C3=CN=C(C)C3)c2c1N. The van der Waals surface area contributed by atoms with Crippen LogP contribution in [-0.4, -0.2) is 30.6 Å². The summed E-state index contributed by atoms with van der Waals surface area (Å²) in [6.07, 6.45) is 5.97. The number of nitrogens with two attached hydrogens (primary N) is 1. The summed E-state index contributed by atoms with van der Waals surface area (Å²) in [4.78, 5) is 17.9. The molecule has 9 heteroatoms. The molecule has 1 unspecified atom stereocenters. The third-order valence-electron chi connectivity index (χ3n) is 4.26. The number of aliphatic imine (C=N–C) groups is 1. The number of nitrogen functional groups attached to an aromatic ring is 1. The van der Waals surface area contributed by atoms with Crippen molar-refractivity contribution in [3.8, 4) is 10.8 Å². The van der Waals surface area contributed by atoms with E-state index >= 15 is 0 Å². The predicted octanol–water partition coefficient (Wildman–Crippen LogP) is 4.04. The minimum atomic E-state index is -1.31. The minimum absolute atomic E-state index is 0.279. The van der Waals surface area contributed by atoms with E-state index in [1.54, 1.807) is 12.4 Å². The third kappa shape index (κ3) is 3.32. The first-order valence-corrected chi connectivity index (χ1v) is 10.9. The van der Waals surface area contributed by atoms with Gasteiger partial charge >= 0.3 is 0 Å². The van der Waals surface area contributed by atoms with Gasteiger partial charge < -0.3 is 10.2 Å². The Morgan fingerprint density at radius 2 is 2.22 bits per heavy atom. The van der Waals surface area contributed by atoms with Crippen LogP contribution in [-0.2, 0) is 10.8 Å². The number of hydrogen-bond acceptors (Lipinski definition) is 8. The Bertz CT molecular complexity index is 1080. The van der Waals surface area contributed by atoms with Crippen molar-refractivity contribution in [3.63, 3.8) is 0 Å². The number of nitrogens with zero attached hydrogens (tertiary/aromatic N) is 4. The fourth-order valence-electron chi connectivity index (χ4n) is 2.90. The van der Waals surface area contributed by atoms with Gasteiger partial charge in [-0.05, 0) is 13.3 Å². The molecule has 4 rings (SSSR count). The van der Waals surface area contributed by atoms with Crippen LogP contribution in [0.1, 0.15) is 38.8 Å². The molecule has 0 aliphatic carbocycles. The molecule has 3 aromatic rings. The zero-order valence-corrected chi connectivity index (χ0v) is 16.7. The third-order valence-corrected chi connectivity index (χ3v) is 6.40. The van der Waals surface area contributed by atoms with Crippen LogP contribution in [0.4, 0.5) is 5.69 Å². The number of aromatic nitrogens is 3. The summed E-state index contributed by atoms with van der Waals surface area (Å²) in [6, 6.07) is 0. The van der Waals surface area contributed by atoms with Crippen LogP contribution in [0, 0.1) is 0 Å². The molecule has 1 atom stereocenters. The Balaban J connectivity index is 1.89. The van der Waals surface area contributed by atoms with Gasteiger partial charge in [-0.25, -0.2) is 9.97 Å². The molecular weight excluding hydrogens is 382 g/mol. The van der Waals surface area contributed by atoms with Crippen molar-refractivity contribution in [1.29, 1.82) is 0 Å². The van der Waals surface area contributed by atoms with Crippen molar-refractivity contribution in [2.45, 2.75) is 38.2 Å². The van der Waals surface area contributed by atoms with Gasteiger partial charge in [0, 0.05) is 41.2 Å². The van der Waals surface area contributed by atoms with Gasteiger partial charge in [0.05, 0.1) is 27.6 Å². The average molecular weight is 402 g/mol. The summed E-state index contributed by atoms with van der Waals surface area (Å²) in [5.74, 6) is 0.977. The second-order valence-corrected chi connectivity index (χ2v) is 8.68. The van der Waals surface area contributed by atoms with Gasteiger partial charge in [0.1, 0.15) is 0 Å². The fourth-order valence-corrected chi connectivity index (χ4v) is 4.73. The van der Waals surface area contributed by atoms with Crippen LogP contribution in [0.2, 0.25) is 0 Å². The maximum absolute atomic E-state index is 12.6. The van der Waals surface area contributed by atoms with E-state index in [0.717, 1.165) is 24.1 Å². The summed E-state index contributed by atoms with van der Waals surface area (Å²) < 4.78 is 18.5. The first kappa shape index (κ1) is 18.0. The lowest BCUT2D eigenvalue weighted by atomic mass is 10.1. The molecule has 0 spiro atoms. The number of rotatable bonds is 6. The number of thiazole rings is 1. The molecule has 140 valence electrons. The molecule has 1 aliphatic heterocycles. The Labute approximate surface area is 162 Å². The minimum Gasteiger partial charge on any atom is -0.426 e. The van der Waals surface area contributed by atoms with Crippen LogP contribution in [0.5, 0.6) is 0 Å². The maximum atomic E-state index is 12.6. The standard InChI is InChI=1S/C18H19N5O2S2/c1-3-4-7-27(24)18-13(19)12-14(11-8-10(2)21-9-11)22-15(23-16(12)25-18)17-20-5-6-26-17/h5-6,9H,3-4,7-8,19H2,1-2H3. The normalized spacial score (nSPS) is 15.2. The van der Waals surface area contributed by atoms with Crippen molar-refractivity contribution < 1.29 is 8.63 Å². The zero-order chi connectivity index (χ0) is 19.0. The molecule has 7 nitrogen and oxygen atoms in total. The Kier molecular flexibility index (Phi) is 4.88. The van der Waals surface area contributed by atoms with Gasteiger partial charge in [0.15, 0.2) is 10.8 Å². The highest BCUT2D eigenvalue weighted by atomic mass is 32.2. The summed E-state index contributed by atoms with van der Waals surface area (Å²) in [5, 5.41) is 3.44. The Morgan fingerprint density at radius 1 is 1.37 bits per heavy atom. The molecule has 4 heterocycles. The van der Waals surface area contributed by atoms with Crippen molar-refractivity contribution in [3.05, 3.63) is 23.5 Å². The van der Waals surface area contributed by atoms with Gasteiger partial charge in [0.25, 0.3) is 0 Å². The van der Waals surface area contributed by atoms with Gasteiger partial charge in [-0.2, -0.15) is 4.98 Å². The maximum Gasteiger partial charge on any atom is 0.234 e. The Morgan fingerprint density at radius 3 is 2.89 bits per heavy atom. The summed E-state index contributed by atoms with van der Waals surface area (Å²) in [5.41, 5.74) is 9.65. The van der Waals surface area contributed by atoms with E-state index in [0.29, 0.717) is 45.5 Å². The largest absolute Gasteiger partial charge is 0.426 e. The molecule has 0 aromatic carbocycles. The van der Waals surface area contributed by atoms with Crippen LogP contribution in [0.3, 0.4) is 0 Å². The fraction of sp³-hybridized carbons (Fsp3) is 0.333. The number of anilines is 1. The number of fused-ring (bicyclic) bond motifs is 1. The van der Waals surface area contributed by atoms with Crippen LogP contribution in [0.25, 0.3) is 27.5 Å². The van der Waals surface area contributed by atoms with Crippen molar-refractivity contribution >= 4 is 50.2 Å². The number of furan rings is 1. The van der Waals surface area contributed by atoms with E-state index in [4.69, 9.17) is 15.1 Å². The van der Waals surface area contributed by atoms with Crippen molar-refractivity contribution in [2.24, 2.45) is 4.99 Å². The van der Waals surface area contributed by atoms with E-state index in [9.17, 15) is 4.21 Å². The first-order valence-electron chi connectivity index (χ1n) is 8.69. The van der Waals surface area contributed by atoms with Crippen molar-refractivity contribution in [1.82, 2.24) is 15.0 Å². The van der Waals surface area contributed by atoms with Crippen LogP contribution >= 0.6 is 11.3 Å². The predicted molar refractivity (Wildman–Crippen MR) is 109 cm³/mol. The number of hydrogen-bond donors (Lipinski definition) is 1. The quantitative estimate of drug-likeness (QED) is 0.668. The second-order valence-electron chi connectivity index (χ2n) is 6.32. The van der Waals surface area contributed by atoms with Crippen molar-refractivity contribution in [2.75, 3.05) is 11.5 Å². The number of allylic oxidation sites excluding steroid dienone is 1. The van der Waals surface area contributed by atoms with Gasteiger partial charge in [-0.1, -0.05) is 13.3 Å². The molecule has 0 radical (unpaired) electrons. The Hall–Kier alpha value is -2.39. The summed E-state index contributed by atoms with van der Waals surface area (Å²) in [6.45, 7) is 4.02. The van der Waals surface area contributed by atoms with Crippen LogP contribution in [0.15, 0.2) is 32.3 Å². The zero-order valence-electron chi connectivity index (χ0n) is 15.1. The van der Waals surface area contributed by atoms with E-state index in [1.807, 2.05) is 12.3 Å². The molecule has 3 aromatic heterocycles. The van der Waals surface area contributed by atoms with E-state index in [-0.39, 0.29) is 5.09 Å². The molecule has 27 heavy (non-hydrogen) atoms. The molecule has 0 bridgehead atoms. The van der Waals surface area contributed by atoms with E-state index in [1.165, 1.54) is 11.3 Å². The molecular formula is C18H19N5O2S2. The highest BCUT2D eigenvalue weighted by Crippen LogP contribution is 2.38. The topological polar surface area (TPSA) is 107 Å². The molecule has 0 amide bonds. The lowest BCUT2D eigenvalue weighted by Crippen LogP contribution is -2.01. The van der Waals surface area contributed by atoms with Gasteiger partial charge in [0.2, 0.25) is 10.8 Å². The van der Waals surface area contributed by atoms with Crippen LogP contribution < -0.4 is 5.73 Å². The molecule has 0 saturated heterocycles. The van der Waals surface area contributed by atoms with Gasteiger partial charge in [-0.15, -0.1) is 11.3 Å². The lowest BCUT2D eigenvalue weighted by Gasteiger charge is -2.05. The van der Waals surface area contributed by atoms with E-state index in [2.05, 4.69) is 21.9 Å². The highest BCUT2D eigenvalue weighted by Gasteiger charge is 2.25. The monoisotopic (exact) mass is 401 g/mol. The highest BCUT2D eigenvalue weighted by molar-refractivity contribution is 7.85. The summed E-state index contributed by atoms with van der Waals surface area (Å²) >= 11 is 1.45. The van der Waals surface area contributed by atoms with Gasteiger partial charge in [-0.3, -0.25) is 9.20 Å². The molecule has 1 aliphatic rings. The number of unbranched alkanes of at least 4 members (excludes halogenated alkanes) is 1. The average Bonchev–Trinajstić information content (AvgIpc) is 3.39. The molecule has 0 saturated carbocycles. The molecule has 2 N–H and O–H groups in total. The van der Waals surface area contributed by atoms with E-state index < -0.39 is 10.8 Å². The summed E-state index contributed by atoms with van der Waals surface area (Å²) in [7, 11) is -1.31. The second kappa shape index (κ2) is 7.32. The smallest absolute Gasteiger partial charge is 0.234 e. The molecule has 0 fully saturated rings.